The maximum Gasteiger partial charge on any atom is 0.319 e. The minimum Gasteiger partial charge on any atom is -0.334 e. The minimum absolute atomic E-state index is 0.0934. The fraction of sp³-hybridized carbons (Fsp3) is 0.292. The number of carbonyl (C=O) groups excluding carboxylic acids is 3. The molecule has 1 aliphatic heterocycles. The highest BCUT2D eigenvalue weighted by Crippen LogP contribution is 2.50. The maximum atomic E-state index is 13.0. The van der Waals surface area contributed by atoms with Gasteiger partial charge in [-0.05, 0) is 60.6 Å². The summed E-state index contributed by atoms with van der Waals surface area (Å²) in [5.74, 6) is -0.301. The number of carbonyl (C=O) groups is 3. The Bertz CT molecular complexity index is 1100. The molecule has 4 aliphatic rings. The first-order valence-electron chi connectivity index (χ1n) is 10.6. The Morgan fingerprint density at radius 3 is 2.12 bits per heavy atom. The van der Waals surface area contributed by atoms with Gasteiger partial charge in [-0.3, -0.25) is 14.5 Å². The third kappa shape index (κ3) is 3.67. The Kier molecular flexibility index (Phi) is 5.43. The van der Waals surface area contributed by atoms with Crippen LogP contribution < -0.4 is 15.5 Å². The maximum absolute atomic E-state index is 13.0. The number of urea groups is 1. The molecule has 0 spiro atoms. The molecule has 8 heteroatoms. The summed E-state index contributed by atoms with van der Waals surface area (Å²) < 4.78 is 0. The van der Waals surface area contributed by atoms with E-state index in [-0.39, 0.29) is 42.0 Å². The van der Waals surface area contributed by atoms with Crippen LogP contribution in [0.1, 0.15) is 18.4 Å². The quantitative estimate of drug-likeness (QED) is 0.487. The van der Waals surface area contributed by atoms with Crippen LogP contribution in [0.3, 0.4) is 0 Å². The number of nitrogens with one attached hydrogen (secondary N) is 2. The Morgan fingerprint density at radius 1 is 0.938 bits per heavy atom. The molecule has 2 aromatic carbocycles. The number of imide groups is 1. The van der Waals surface area contributed by atoms with Gasteiger partial charge < -0.3 is 10.6 Å². The van der Waals surface area contributed by atoms with E-state index < -0.39 is 6.03 Å². The molecule has 6 rings (SSSR count). The first kappa shape index (κ1) is 21.0. The average molecular weight is 470 g/mol. The Labute approximate surface area is 195 Å². The zero-order chi connectivity index (χ0) is 22.4. The van der Waals surface area contributed by atoms with E-state index in [0.29, 0.717) is 21.4 Å². The fourth-order valence-corrected chi connectivity index (χ4v) is 5.49. The van der Waals surface area contributed by atoms with E-state index in [1.54, 1.807) is 42.5 Å². The summed E-state index contributed by atoms with van der Waals surface area (Å²) in [5.41, 5.74) is 1.87. The number of halogens is 2. The monoisotopic (exact) mass is 469 g/mol. The predicted molar refractivity (Wildman–Crippen MR) is 124 cm³/mol. The van der Waals surface area contributed by atoms with Gasteiger partial charge in [-0.2, -0.15) is 0 Å². The molecule has 4 atom stereocenters. The molecule has 2 bridgehead atoms. The summed E-state index contributed by atoms with van der Waals surface area (Å²) in [7, 11) is 0. The standard InChI is InChI=1S/C24H21Cl2N3O3/c25-16-7-10-19(18(26)11-16)28-24(32)27-12-13-1-8-17(9-2-13)29-22(30)20-14-3-4-15(6-5-14)21(20)23(29)31/h1-4,7-11,14-15,20-21H,5-6,12H2,(H2,27,28,32). The Hall–Kier alpha value is -2.83. The third-order valence-electron chi connectivity index (χ3n) is 6.59. The molecule has 1 heterocycles. The van der Waals surface area contributed by atoms with Crippen LogP contribution >= 0.6 is 23.2 Å². The minimum atomic E-state index is -0.407. The normalized spacial score (nSPS) is 25.8. The van der Waals surface area contributed by atoms with Gasteiger partial charge in [0.1, 0.15) is 0 Å². The number of nitrogens with zero attached hydrogens (tertiary/aromatic N) is 1. The molecule has 0 radical (unpaired) electrons. The number of fused-ring (bicyclic) bond motifs is 1. The zero-order valence-electron chi connectivity index (χ0n) is 17.1. The van der Waals surface area contributed by atoms with Crippen LogP contribution in [0, 0.1) is 23.7 Å². The summed E-state index contributed by atoms with van der Waals surface area (Å²) in [6.45, 7) is 0.276. The molecular formula is C24H21Cl2N3O3. The van der Waals surface area contributed by atoms with Gasteiger partial charge in [-0.1, -0.05) is 47.5 Å². The van der Waals surface area contributed by atoms with Gasteiger partial charge in [0.25, 0.3) is 0 Å². The second kappa shape index (κ2) is 8.26. The molecule has 164 valence electrons. The summed E-state index contributed by atoms with van der Waals surface area (Å²) >= 11 is 11.9. The first-order valence-corrected chi connectivity index (χ1v) is 11.3. The first-order chi connectivity index (χ1) is 15.4. The second-order valence-corrected chi connectivity index (χ2v) is 9.30. The highest BCUT2D eigenvalue weighted by Gasteiger charge is 2.56. The van der Waals surface area contributed by atoms with Crippen LogP contribution in [0.2, 0.25) is 10.0 Å². The average Bonchev–Trinajstić information content (AvgIpc) is 3.08. The summed E-state index contributed by atoms with van der Waals surface area (Å²) in [6.07, 6.45) is 6.17. The molecule has 2 N–H and O–H groups in total. The molecule has 4 unspecified atom stereocenters. The number of allylic oxidation sites excluding steroid dienone is 2. The number of benzene rings is 2. The lowest BCUT2D eigenvalue weighted by Gasteiger charge is -2.38. The van der Waals surface area contributed by atoms with Crippen molar-refractivity contribution in [1.82, 2.24) is 5.32 Å². The van der Waals surface area contributed by atoms with E-state index in [1.807, 2.05) is 0 Å². The molecule has 1 saturated heterocycles. The van der Waals surface area contributed by atoms with Crippen LogP contribution in [0.15, 0.2) is 54.6 Å². The van der Waals surface area contributed by atoms with E-state index >= 15 is 0 Å². The molecule has 4 amide bonds. The van der Waals surface area contributed by atoms with Crippen molar-refractivity contribution in [2.24, 2.45) is 23.7 Å². The van der Waals surface area contributed by atoms with E-state index in [4.69, 9.17) is 23.2 Å². The van der Waals surface area contributed by atoms with Crippen LogP contribution in [0.4, 0.5) is 16.2 Å². The van der Waals surface area contributed by atoms with Gasteiger partial charge in [-0.15, -0.1) is 0 Å². The van der Waals surface area contributed by atoms with Gasteiger partial charge in [0.2, 0.25) is 11.8 Å². The molecule has 3 aliphatic carbocycles. The van der Waals surface area contributed by atoms with Crippen molar-refractivity contribution in [2.45, 2.75) is 19.4 Å². The highest BCUT2D eigenvalue weighted by atomic mass is 35.5. The van der Waals surface area contributed by atoms with E-state index in [9.17, 15) is 14.4 Å². The number of hydrogen-bond donors (Lipinski definition) is 2. The van der Waals surface area contributed by atoms with Gasteiger partial charge in [0, 0.05) is 11.6 Å². The zero-order valence-corrected chi connectivity index (χ0v) is 18.6. The van der Waals surface area contributed by atoms with Crippen LogP contribution in [-0.4, -0.2) is 17.8 Å². The molecule has 1 saturated carbocycles. The van der Waals surface area contributed by atoms with Crippen molar-refractivity contribution in [2.75, 3.05) is 10.2 Å². The van der Waals surface area contributed by atoms with Gasteiger partial charge in [-0.25, -0.2) is 4.79 Å². The molecule has 32 heavy (non-hydrogen) atoms. The van der Waals surface area contributed by atoms with E-state index in [1.165, 1.54) is 4.90 Å². The lowest BCUT2D eigenvalue weighted by Crippen LogP contribution is -2.38. The molecular weight excluding hydrogens is 449 g/mol. The Morgan fingerprint density at radius 2 is 1.56 bits per heavy atom. The van der Waals surface area contributed by atoms with Crippen molar-refractivity contribution >= 4 is 52.4 Å². The largest absolute Gasteiger partial charge is 0.334 e. The van der Waals surface area contributed by atoms with E-state index in [0.717, 1.165) is 18.4 Å². The summed E-state index contributed by atoms with van der Waals surface area (Å²) in [5, 5.41) is 6.27. The third-order valence-corrected chi connectivity index (χ3v) is 7.13. The van der Waals surface area contributed by atoms with Crippen LogP contribution in [0.5, 0.6) is 0 Å². The van der Waals surface area contributed by atoms with Crippen LogP contribution in [-0.2, 0) is 16.1 Å². The van der Waals surface area contributed by atoms with E-state index in [2.05, 4.69) is 22.8 Å². The summed E-state index contributed by atoms with van der Waals surface area (Å²) in [4.78, 5) is 39.6. The molecule has 6 nitrogen and oxygen atoms in total. The molecule has 0 aromatic heterocycles. The van der Waals surface area contributed by atoms with Crippen molar-refractivity contribution < 1.29 is 14.4 Å². The van der Waals surface area contributed by atoms with Crippen molar-refractivity contribution in [3.63, 3.8) is 0 Å². The van der Waals surface area contributed by atoms with Crippen molar-refractivity contribution in [1.29, 1.82) is 0 Å². The fourth-order valence-electron chi connectivity index (χ4n) is 5.03. The predicted octanol–water partition coefficient (Wildman–Crippen LogP) is 5.02. The van der Waals surface area contributed by atoms with Crippen molar-refractivity contribution in [3.05, 3.63) is 70.2 Å². The number of rotatable bonds is 4. The highest BCUT2D eigenvalue weighted by molar-refractivity contribution is 6.36. The number of hydrogen-bond acceptors (Lipinski definition) is 3. The van der Waals surface area contributed by atoms with Crippen LogP contribution in [0.25, 0.3) is 0 Å². The SMILES string of the molecule is O=C(NCc1ccc(N2C(=O)C3C4C=CC(CC4)C3C2=O)cc1)Nc1ccc(Cl)cc1Cl. The lowest BCUT2D eigenvalue weighted by molar-refractivity contribution is -0.124. The second-order valence-electron chi connectivity index (χ2n) is 8.45. The van der Waals surface area contributed by atoms with Crippen molar-refractivity contribution in [3.8, 4) is 0 Å². The number of amides is 4. The topological polar surface area (TPSA) is 78.5 Å². The smallest absolute Gasteiger partial charge is 0.319 e. The molecule has 2 fully saturated rings. The Balaban J connectivity index is 1.22. The van der Waals surface area contributed by atoms with Gasteiger partial charge in [0.15, 0.2) is 0 Å². The van der Waals surface area contributed by atoms with Gasteiger partial charge in [0.05, 0.1) is 28.2 Å². The molecule has 2 aromatic rings. The summed E-state index contributed by atoms with van der Waals surface area (Å²) in [6, 6.07) is 11.5. The van der Waals surface area contributed by atoms with Gasteiger partial charge >= 0.3 is 6.03 Å². The lowest BCUT2D eigenvalue weighted by atomic mass is 9.63. The number of anilines is 2.